The van der Waals surface area contributed by atoms with Crippen molar-refractivity contribution < 1.29 is 9.47 Å². The van der Waals surface area contributed by atoms with Crippen LogP contribution < -0.4 is 4.74 Å². The van der Waals surface area contributed by atoms with E-state index in [-0.39, 0.29) is 6.10 Å². The van der Waals surface area contributed by atoms with E-state index in [1.165, 1.54) is 87.3 Å². The van der Waals surface area contributed by atoms with Crippen molar-refractivity contribution >= 4 is 0 Å². The number of unbranched alkanes of at least 4 members (excludes halogenated alkanes) is 10. The van der Waals surface area contributed by atoms with Gasteiger partial charge >= 0.3 is 0 Å². The summed E-state index contributed by atoms with van der Waals surface area (Å²) in [5.41, 5.74) is 3.71. The molecule has 0 amide bonds. The molecule has 2 nitrogen and oxygen atoms in total. The summed E-state index contributed by atoms with van der Waals surface area (Å²) in [6.07, 6.45) is 15.8. The first-order chi connectivity index (χ1) is 15.7. The molecule has 0 spiro atoms. The lowest BCUT2D eigenvalue weighted by Crippen LogP contribution is -2.01. The summed E-state index contributed by atoms with van der Waals surface area (Å²) in [6, 6.07) is 17.3. The van der Waals surface area contributed by atoms with E-state index < -0.39 is 0 Å². The second kappa shape index (κ2) is 16.8. The molecule has 0 aliphatic carbocycles. The van der Waals surface area contributed by atoms with Gasteiger partial charge in [-0.2, -0.15) is 0 Å². The summed E-state index contributed by atoms with van der Waals surface area (Å²) in [5.74, 6) is 0.963. The Labute approximate surface area is 197 Å². The van der Waals surface area contributed by atoms with Gasteiger partial charge in [-0.1, -0.05) is 114 Å². The van der Waals surface area contributed by atoms with Gasteiger partial charge in [0.25, 0.3) is 0 Å². The average molecular weight is 439 g/mol. The minimum atomic E-state index is 0.150. The molecule has 178 valence electrons. The predicted molar refractivity (Wildman–Crippen MR) is 138 cm³/mol. The van der Waals surface area contributed by atoms with E-state index in [4.69, 9.17) is 9.47 Å². The van der Waals surface area contributed by atoms with Crippen LogP contribution in [0.4, 0.5) is 0 Å². The van der Waals surface area contributed by atoms with Crippen LogP contribution in [0.25, 0.3) is 11.1 Å². The zero-order valence-corrected chi connectivity index (χ0v) is 20.9. The highest BCUT2D eigenvalue weighted by Gasteiger charge is 2.06. The summed E-state index contributed by atoms with van der Waals surface area (Å²) < 4.78 is 11.9. The molecule has 0 fully saturated rings. The minimum absolute atomic E-state index is 0.150. The quantitative estimate of drug-likeness (QED) is 0.216. The highest BCUT2D eigenvalue weighted by molar-refractivity contribution is 5.64. The van der Waals surface area contributed by atoms with Gasteiger partial charge in [-0.15, -0.1) is 0 Å². The van der Waals surface area contributed by atoms with Crippen LogP contribution in [0, 0.1) is 0 Å². The Bertz CT molecular complexity index is 690. The molecular weight excluding hydrogens is 392 g/mol. The van der Waals surface area contributed by atoms with Crippen LogP contribution in [0.15, 0.2) is 48.5 Å². The molecule has 2 heteroatoms. The fraction of sp³-hybridized carbons (Fsp3) is 0.600. The van der Waals surface area contributed by atoms with Gasteiger partial charge in [-0.05, 0) is 48.6 Å². The smallest absolute Gasteiger partial charge is 0.119 e. The lowest BCUT2D eigenvalue weighted by Gasteiger charge is -2.14. The zero-order valence-electron chi connectivity index (χ0n) is 20.9. The fourth-order valence-electron chi connectivity index (χ4n) is 4.00. The van der Waals surface area contributed by atoms with Gasteiger partial charge in [0, 0.05) is 6.61 Å². The first kappa shape index (κ1) is 26.5. The largest absolute Gasteiger partial charge is 0.494 e. The molecule has 2 aromatic rings. The van der Waals surface area contributed by atoms with E-state index in [0.29, 0.717) is 0 Å². The van der Waals surface area contributed by atoms with Crippen molar-refractivity contribution in [2.75, 3.05) is 13.2 Å². The molecule has 0 bridgehead atoms. The van der Waals surface area contributed by atoms with E-state index in [9.17, 15) is 0 Å². The van der Waals surface area contributed by atoms with Gasteiger partial charge < -0.3 is 9.47 Å². The third-order valence-corrected chi connectivity index (χ3v) is 6.20. The van der Waals surface area contributed by atoms with E-state index in [0.717, 1.165) is 25.4 Å². The highest BCUT2D eigenvalue weighted by atomic mass is 16.5. The van der Waals surface area contributed by atoms with Crippen molar-refractivity contribution in [1.82, 2.24) is 0 Å². The molecular formula is C30H46O2. The number of hydrogen-bond donors (Lipinski definition) is 0. The normalized spacial score (nSPS) is 12.1. The lowest BCUT2D eigenvalue weighted by atomic mass is 10.0. The second-order valence-corrected chi connectivity index (χ2v) is 9.04. The van der Waals surface area contributed by atoms with Gasteiger partial charge in [0.1, 0.15) is 5.75 Å². The Hall–Kier alpha value is -1.80. The van der Waals surface area contributed by atoms with Gasteiger partial charge in [0.05, 0.1) is 12.7 Å². The van der Waals surface area contributed by atoms with Gasteiger partial charge in [0.2, 0.25) is 0 Å². The summed E-state index contributed by atoms with van der Waals surface area (Å²) in [7, 11) is 0. The molecule has 0 N–H and O–H groups in total. The maximum atomic E-state index is 6.08. The standard InChI is InChI=1S/C30H46O2/c1-4-6-8-10-11-12-13-15-24-31-26(3)27-16-18-28(19-17-27)29-20-22-30(23-21-29)32-25-14-9-7-5-2/h16-23,26H,4-15,24-25H2,1-3H3. The molecule has 2 aromatic carbocycles. The Morgan fingerprint density at radius 2 is 1.03 bits per heavy atom. The van der Waals surface area contributed by atoms with E-state index >= 15 is 0 Å². The van der Waals surface area contributed by atoms with Crippen LogP contribution >= 0.6 is 0 Å². The van der Waals surface area contributed by atoms with Gasteiger partial charge in [-0.25, -0.2) is 0 Å². The molecule has 0 heterocycles. The Morgan fingerprint density at radius 1 is 0.562 bits per heavy atom. The van der Waals surface area contributed by atoms with Gasteiger partial charge in [-0.3, -0.25) is 0 Å². The maximum Gasteiger partial charge on any atom is 0.119 e. The monoisotopic (exact) mass is 438 g/mol. The number of ether oxygens (including phenoxy) is 2. The van der Waals surface area contributed by atoms with Crippen LogP contribution in [0.2, 0.25) is 0 Å². The lowest BCUT2D eigenvalue weighted by molar-refractivity contribution is 0.0627. The summed E-state index contributed by atoms with van der Waals surface area (Å²) >= 11 is 0. The highest BCUT2D eigenvalue weighted by Crippen LogP contribution is 2.25. The molecule has 0 saturated carbocycles. The maximum absolute atomic E-state index is 6.08. The first-order valence-corrected chi connectivity index (χ1v) is 13.2. The topological polar surface area (TPSA) is 18.5 Å². The first-order valence-electron chi connectivity index (χ1n) is 13.2. The molecule has 1 atom stereocenters. The Morgan fingerprint density at radius 3 is 1.62 bits per heavy atom. The third kappa shape index (κ3) is 10.7. The number of benzene rings is 2. The molecule has 0 aromatic heterocycles. The molecule has 0 aliphatic rings. The van der Waals surface area contributed by atoms with Crippen LogP contribution in [-0.2, 0) is 4.74 Å². The fourth-order valence-corrected chi connectivity index (χ4v) is 4.00. The molecule has 32 heavy (non-hydrogen) atoms. The van der Waals surface area contributed by atoms with E-state index in [2.05, 4.69) is 69.3 Å². The molecule has 2 rings (SSSR count). The Balaban J connectivity index is 1.67. The minimum Gasteiger partial charge on any atom is -0.494 e. The van der Waals surface area contributed by atoms with Crippen molar-refractivity contribution in [3.63, 3.8) is 0 Å². The average Bonchev–Trinajstić information content (AvgIpc) is 2.83. The van der Waals surface area contributed by atoms with Gasteiger partial charge in [0.15, 0.2) is 0 Å². The van der Waals surface area contributed by atoms with E-state index in [1.54, 1.807) is 0 Å². The summed E-state index contributed by atoms with van der Waals surface area (Å²) in [6.45, 7) is 8.34. The SMILES string of the molecule is CCCCCCCCCCOC(C)c1ccc(-c2ccc(OCCCCCC)cc2)cc1. The third-order valence-electron chi connectivity index (χ3n) is 6.20. The van der Waals surface area contributed by atoms with E-state index in [1.807, 2.05) is 0 Å². The zero-order chi connectivity index (χ0) is 22.9. The van der Waals surface area contributed by atoms with Crippen molar-refractivity contribution in [3.05, 3.63) is 54.1 Å². The van der Waals surface area contributed by atoms with Crippen molar-refractivity contribution in [2.45, 2.75) is 104 Å². The van der Waals surface area contributed by atoms with Crippen LogP contribution in [0.1, 0.15) is 109 Å². The van der Waals surface area contributed by atoms with Crippen LogP contribution in [0.3, 0.4) is 0 Å². The Kier molecular flexibility index (Phi) is 13.9. The summed E-state index contributed by atoms with van der Waals surface area (Å²) in [5, 5.41) is 0. The second-order valence-electron chi connectivity index (χ2n) is 9.04. The molecule has 0 saturated heterocycles. The number of rotatable bonds is 18. The van der Waals surface area contributed by atoms with Crippen LogP contribution in [-0.4, -0.2) is 13.2 Å². The van der Waals surface area contributed by atoms with Crippen molar-refractivity contribution in [3.8, 4) is 16.9 Å². The summed E-state index contributed by atoms with van der Waals surface area (Å²) in [4.78, 5) is 0. The van der Waals surface area contributed by atoms with Crippen molar-refractivity contribution in [1.29, 1.82) is 0 Å². The molecule has 0 radical (unpaired) electrons. The predicted octanol–water partition coefficient (Wildman–Crippen LogP) is 9.53. The molecule has 0 aliphatic heterocycles. The number of hydrogen-bond acceptors (Lipinski definition) is 2. The van der Waals surface area contributed by atoms with Crippen LogP contribution in [0.5, 0.6) is 5.75 Å². The van der Waals surface area contributed by atoms with Crippen molar-refractivity contribution in [2.24, 2.45) is 0 Å². The molecule has 1 unspecified atom stereocenters.